The lowest BCUT2D eigenvalue weighted by molar-refractivity contribution is 0.102. The van der Waals surface area contributed by atoms with Crippen molar-refractivity contribution in [1.29, 1.82) is 0 Å². The average Bonchev–Trinajstić information content (AvgIpc) is 3.40. The van der Waals surface area contributed by atoms with E-state index in [4.69, 9.17) is 5.84 Å². The van der Waals surface area contributed by atoms with Crippen LogP contribution in [0, 0.1) is 27.7 Å². The van der Waals surface area contributed by atoms with Crippen LogP contribution in [0.15, 0.2) is 28.9 Å². The van der Waals surface area contributed by atoms with Crippen molar-refractivity contribution in [3.8, 4) is 5.95 Å². The van der Waals surface area contributed by atoms with Gasteiger partial charge in [-0.3, -0.25) is 4.79 Å². The average molecular weight is 454 g/mol. The number of thioether (sulfide) groups is 1. The lowest BCUT2D eigenvalue weighted by atomic mass is 9.97. The van der Waals surface area contributed by atoms with Gasteiger partial charge in [-0.15, -0.1) is 10.2 Å². The normalized spacial score (nSPS) is 14.1. The summed E-state index contributed by atoms with van der Waals surface area (Å²) in [5, 5.41) is 13.2. The smallest absolute Gasteiger partial charge is 0.271 e. The molecule has 2 N–H and O–H groups in total. The summed E-state index contributed by atoms with van der Waals surface area (Å²) < 4.78 is 5.31. The number of hydrogen-bond donors (Lipinski definition) is 1. The predicted octanol–water partition coefficient (Wildman–Crippen LogP) is 4.08. The molecule has 9 heteroatoms. The van der Waals surface area contributed by atoms with Crippen molar-refractivity contribution in [2.24, 2.45) is 0 Å². The van der Waals surface area contributed by atoms with Crippen molar-refractivity contribution in [1.82, 2.24) is 29.2 Å². The van der Waals surface area contributed by atoms with E-state index in [2.05, 4.69) is 32.9 Å². The minimum absolute atomic E-state index is 0.0712. The number of rotatable bonds is 8. The van der Waals surface area contributed by atoms with Crippen molar-refractivity contribution < 1.29 is 4.79 Å². The van der Waals surface area contributed by atoms with Gasteiger partial charge in [-0.25, -0.2) is 9.36 Å². The van der Waals surface area contributed by atoms with Gasteiger partial charge in [-0.05, 0) is 71.9 Å². The number of aromatic nitrogens is 6. The number of nitrogen functional groups attached to an aromatic ring is 1. The molecule has 0 radical (unpaired) electrons. The molecule has 3 aromatic heterocycles. The molecule has 3 heterocycles. The Bertz CT molecular complexity index is 1170. The van der Waals surface area contributed by atoms with E-state index in [0.717, 1.165) is 41.3 Å². The molecule has 0 saturated heterocycles. The number of nitrogens with two attached hydrogens (primary N) is 1. The summed E-state index contributed by atoms with van der Waals surface area (Å²) in [6.07, 6.45) is 8.46. The molecule has 0 fully saturated rings. The highest BCUT2D eigenvalue weighted by Crippen LogP contribution is 2.24. The van der Waals surface area contributed by atoms with Crippen LogP contribution < -0.4 is 5.84 Å². The molecule has 32 heavy (non-hydrogen) atoms. The summed E-state index contributed by atoms with van der Waals surface area (Å²) in [6.45, 7) is 8.88. The van der Waals surface area contributed by atoms with Crippen LogP contribution in [0.3, 0.4) is 0 Å². The number of carbonyl (C=O) groups is 1. The zero-order valence-electron chi connectivity index (χ0n) is 19.3. The van der Waals surface area contributed by atoms with Crippen molar-refractivity contribution in [2.45, 2.75) is 71.5 Å². The van der Waals surface area contributed by atoms with Gasteiger partial charge in [0.15, 0.2) is 5.78 Å². The van der Waals surface area contributed by atoms with Crippen LogP contribution in [-0.4, -0.2) is 40.8 Å². The third-order valence-corrected chi connectivity index (χ3v) is 7.04. The molecular weight excluding hydrogens is 422 g/mol. The van der Waals surface area contributed by atoms with E-state index in [0.29, 0.717) is 11.1 Å². The summed E-state index contributed by atoms with van der Waals surface area (Å²) >= 11 is 1.29. The number of ketones is 1. The maximum Gasteiger partial charge on any atom is 0.271 e. The Morgan fingerprint density at radius 3 is 2.62 bits per heavy atom. The second kappa shape index (κ2) is 9.36. The van der Waals surface area contributed by atoms with Crippen LogP contribution in [-0.2, 0) is 6.54 Å². The van der Waals surface area contributed by atoms with Gasteiger partial charge in [0.2, 0.25) is 5.16 Å². The van der Waals surface area contributed by atoms with Crippen molar-refractivity contribution in [3.63, 3.8) is 0 Å². The number of carbonyl (C=O) groups excluding carboxylic acids is 1. The van der Waals surface area contributed by atoms with Crippen LogP contribution in [0.1, 0.15) is 65.2 Å². The molecule has 0 aromatic carbocycles. The highest BCUT2D eigenvalue weighted by Gasteiger charge is 2.19. The van der Waals surface area contributed by atoms with Crippen LogP contribution in [0.25, 0.3) is 5.95 Å². The zero-order chi connectivity index (χ0) is 22.8. The fourth-order valence-corrected chi connectivity index (χ4v) is 5.10. The molecule has 170 valence electrons. The SMILES string of the molecule is Cc1cc(C)n(-c2nnc(SCC(=O)c3cc(C)n(CCC4=CCCCC4)c3C)n2N)n1. The molecule has 4 rings (SSSR count). The summed E-state index contributed by atoms with van der Waals surface area (Å²) in [5.74, 6) is 6.95. The molecular formula is C23H31N7OS. The van der Waals surface area contributed by atoms with E-state index in [1.165, 1.54) is 42.1 Å². The molecule has 0 bridgehead atoms. The maximum atomic E-state index is 13.0. The molecule has 3 aromatic rings. The standard InChI is InChI=1S/C23H31N7OS/c1-15-12-17(3)30(27-15)22-25-26-23(29(22)24)32-14-21(31)20-13-16(2)28(18(20)4)11-10-19-8-6-5-7-9-19/h8,12-13H,5-7,9-11,14,24H2,1-4H3. The quantitative estimate of drug-likeness (QED) is 0.239. The van der Waals surface area contributed by atoms with Gasteiger partial charge in [0.1, 0.15) is 0 Å². The fraction of sp³-hybridized carbons (Fsp3) is 0.478. The van der Waals surface area contributed by atoms with Crippen molar-refractivity contribution >= 4 is 17.5 Å². The van der Waals surface area contributed by atoms with Gasteiger partial charge in [0.05, 0.1) is 11.4 Å². The molecule has 0 saturated carbocycles. The highest BCUT2D eigenvalue weighted by molar-refractivity contribution is 7.99. The van der Waals surface area contributed by atoms with Gasteiger partial charge in [0, 0.05) is 29.2 Å². The lowest BCUT2D eigenvalue weighted by Crippen LogP contribution is -2.17. The zero-order valence-corrected chi connectivity index (χ0v) is 20.1. The van der Waals surface area contributed by atoms with Gasteiger partial charge >= 0.3 is 0 Å². The van der Waals surface area contributed by atoms with E-state index < -0.39 is 0 Å². The van der Waals surface area contributed by atoms with E-state index in [9.17, 15) is 4.79 Å². The molecule has 8 nitrogen and oxygen atoms in total. The predicted molar refractivity (Wildman–Crippen MR) is 127 cm³/mol. The summed E-state index contributed by atoms with van der Waals surface area (Å²) in [4.78, 5) is 13.0. The largest absolute Gasteiger partial charge is 0.348 e. The molecule has 1 aliphatic rings. The van der Waals surface area contributed by atoms with Crippen molar-refractivity contribution in [3.05, 3.63) is 52.1 Å². The van der Waals surface area contributed by atoms with E-state index >= 15 is 0 Å². The van der Waals surface area contributed by atoms with Crippen LogP contribution in [0.4, 0.5) is 0 Å². The van der Waals surface area contributed by atoms with E-state index in [1.54, 1.807) is 10.3 Å². The second-order valence-electron chi connectivity index (χ2n) is 8.50. The number of nitrogens with zero attached hydrogens (tertiary/aromatic N) is 6. The molecule has 0 unspecified atom stereocenters. The Hall–Kier alpha value is -2.81. The number of Topliss-reactive ketones (excluding diaryl/α,β-unsaturated/α-hetero) is 1. The number of allylic oxidation sites excluding steroid dienone is 2. The Labute approximate surface area is 192 Å². The van der Waals surface area contributed by atoms with Gasteiger partial charge in [-0.1, -0.05) is 23.4 Å². The van der Waals surface area contributed by atoms with E-state index in [1.807, 2.05) is 32.9 Å². The van der Waals surface area contributed by atoms with Gasteiger partial charge in [-0.2, -0.15) is 5.10 Å². The first-order chi connectivity index (χ1) is 15.3. The topological polar surface area (TPSA) is 96.5 Å². The maximum absolute atomic E-state index is 13.0. The Morgan fingerprint density at radius 1 is 1.12 bits per heavy atom. The van der Waals surface area contributed by atoms with E-state index in [-0.39, 0.29) is 11.5 Å². The third-order valence-electron chi connectivity index (χ3n) is 6.09. The summed E-state index contributed by atoms with van der Waals surface area (Å²) in [7, 11) is 0. The molecule has 0 atom stereocenters. The molecule has 0 aliphatic heterocycles. The van der Waals surface area contributed by atoms with Gasteiger partial charge < -0.3 is 10.4 Å². The van der Waals surface area contributed by atoms with Gasteiger partial charge in [0.25, 0.3) is 5.95 Å². The molecule has 1 aliphatic carbocycles. The summed E-state index contributed by atoms with van der Waals surface area (Å²) in [6, 6.07) is 3.95. The van der Waals surface area contributed by atoms with Crippen LogP contribution >= 0.6 is 11.8 Å². The highest BCUT2D eigenvalue weighted by atomic mass is 32.2. The molecule has 0 amide bonds. The summed E-state index contributed by atoms with van der Waals surface area (Å²) in [5.41, 5.74) is 6.28. The Kier molecular flexibility index (Phi) is 6.55. The fourth-order valence-electron chi connectivity index (χ4n) is 4.37. The number of hydrogen-bond acceptors (Lipinski definition) is 6. The van der Waals surface area contributed by atoms with Crippen LogP contribution in [0.5, 0.6) is 0 Å². The first kappa shape index (κ1) is 22.4. The first-order valence-corrected chi connectivity index (χ1v) is 12.1. The third kappa shape index (κ3) is 4.53. The van der Waals surface area contributed by atoms with Crippen LogP contribution in [0.2, 0.25) is 0 Å². The minimum atomic E-state index is 0.0712. The minimum Gasteiger partial charge on any atom is -0.348 e. The second-order valence-corrected chi connectivity index (χ2v) is 9.44. The Morgan fingerprint density at radius 2 is 1.94 bits per heavy atom. The first-order valence-electron chi connectivity index (χ1n) is 11.1. The van der Waals surface area contributed by atoms with Crippen molar-refractivity contribution in [2.75, 3.05) is 11.6 Å². The monoisotopic (exact) mass is 453 g/mol. The lowest BCUT2D eigenvalue weighted by Gasteiger charge is -2.15. The molecule has 0 spiro atoms. The number of aryl methyl sites for hydroxylation is 3. The Balaban J connectivity index is 1.42.